The van der Waals surface area contributed by atoms with Crippen LogP contribution >= 0.6 is 23.2 Å². The number of nitrogens with zero attached hydrogens (tertiary/aromatic N) is 2. The van der Waals surface area contributed by atoms with Gasteiger partial charge in [-0.1, -0.05) is 72.8 Å². The molecule has 0 aromatic heterocycles. The van der Waals surface area contributed by atoms with Crippen molar-refractivity contribution in [3.63, 3.8) is 0 Å². The second-order valence-electron chi connectivity index (χ2n) is 9.93. The van der Waals surface area contributed by atoms with E-state index in [1.54, 1.807) is 24.3 Å². The summed E-state index contributed by atoms with van der Waals surface area (Å²) in [4.78, 5) is 39.9. The van der Waals surface area contributed by atoms with Gasteiger partial charge >= 0.3 is 5.97 Å². The van der Waals surface area contributed by atoms with Gasteiger partial charge in [-0.2, -0.15) is 4.31 Å². The van der Waals surface area contributed by atoms with Crippen LogP contribution in [0.15, 0.2) is 53.4 Å². The number of hydrogen-bond acceptors (Lipinski definition) is 5. The second-order valence-corrected chi connectivity index (χ2v) is 12.6. The van der Waals surface area contributed by atoms with Crippen LogP contribution in [-0.4, -0.2) is 65.8 Å². The van der Waals surface area contributed by atoms with Gasteiger partial charge in [-0.3, -0.25) is 14.4 Å². The van der Waals surface area contributed by atoms with E-state index in [1.807, 2.05) is 6.07 Å². The Morgan fingerprint density at radius 3 is 2.31 bits per heavy atom. The summed E-state index contributed by atoms with van der Waals surface area (Å²) >= 11 is 12.1. The maximum absolute atomic E-state index is 13.8. The second kappa shape index (κ2) is 12.7. The van der Waals surface area contributed by atoms with Gasteiger partial charge in [-0.25, -0.2) is 8.42 Å². The molecule has 0 radical (unpaired) electrons. The highest BCUT2D eigenvalue weighted by molar-refractivity contribution is 7.89. The molecule has 2 amide bonds. The number of carbonyl (C=O) groups is 3. The molecule has 2 fully saturated rings. The van der Waals surface area contributed by atoms with Gasteiger partial charge in [0.25, 0.3) is 5.91 Å². The standard InChI is InChI=1S/C27H31Cl2N3O6S/c28-21-12-11-20(16-22(21)29)39(37,38)32-14-13-31(24(33)15-18-7-3-1-4-8-18)27(32)26(36)30-23(17-25(34)35)19-9-5-2-6-10-19/h1,3-4,7-8,11-12,16,19,23,27H,2,5-6,9-10,13-15,17H2,(H,30,36)(H,34,35). The van der Waals surface area contributed by atoms with Crippen LogP contribution in [0.25, 0.3) is 0 Å². The number of sulfonamides is 1. The monoisotopic (exact) mass is 595 g/mol. The van der Waals surface area contributed by atoms with Gasteiger partial charge in [0.05, 0.1) is 27.8 Å². The molecule has 39 heavy (non-hydrogen) atoms. The number of nitrogens with one attached hydrogen (secondary N) is 1. The van der Waals surface area contributed by atoms with Crippen molar-refractivity contribution in [2.75, 3.05) is 13.1 Å². The van der Waals surface area contributed by atoms with E-state index in [1.165, 1.54) is 23.1 Å². The van der Waals surface area contributed by atoms with Gasteiger partial charge in [0.15, 0.2) is 6.17 Å². The Morgan fingerprint density at radius 2 is 1.67 bits per heavy atom. The van der Waals surface area contributed by atoms with Crippen molar-refractivity contribution in [1.82, 2.24) is 14.5 Å². The third kappa shape index (κ3) is 6.92. The van der Waals surface area contributed by atoms with E-state index in [9.17, 15) is 27.9 Å². The van der Waals surface area contributed by atoms with Crippen LogP contribution in [-0.2, 0) is 30.8 Å². The summed E-state index contributed by atoms with van der Waals surface area (Å²) in [5.41, 5.74) is 0.721. The highest BCUT2D eigenvalue weighted by Gasteiger charge is 2.47. The molecule has 2 atom stereocenters. The number of halogens is 2. The van der Waals surface area contributed by atoms with Gasteiger partial charge in [0, 0.05) is 19.1 Å². The van der Waals surface area contributed by atoms with Crippen LogP contribution in [0.4, 0.5) is 0 Å². The van der Waals surface area contributed by atoms with E-state index in [-0.39, 0.29) is 46.8 Å². The highest BCUT2D eigenvalue weighted by atomic mass is 35.5. The van der Waals surface area contributed by atoms with Crippen molar-refractivity contribution in [1.29, 1.82) is 0 Å². The topological polar surface area (TPSA) is 124 Å². The lowest BCUT2D eigenvalue weighted by atomic mass is 9.82. The molecule has 1 aliphatic carbocycles. The molecule has 1 saturated carbocycles. The molecule has 0 spiro atoms. The lowest BCUT2D eigenvalue weighted by Crippen LogP contribution is -2.57. The molecule has 2 unspecified atom stereocenters. The van der Waals surface area contributed by atoms with Crippen LogP contribution in [0.5, 0.6) is 0 Å². The van der Waals surface area contributed by atoms with Crippen LogP contribution in [0, 0.1) is 5.92 Å². The number of rotatable bonds is 9. The van der Waals surface area contributed by atoms with E-state index >= 15 is 0 Å². The molecule has 4 rings (SSSR count). The first-order valence-corrected chi connectivity index (χ1v) is 15.1. The van der Waals surface area contributed by atoms with Crippen LogP contribution < -0.4 is 5.32 Å². The molecule has 2 aromatic carbocycles. The van der Waals surface area contributed by atoms with Crippen molar-refractivity contribution in [3.05, 3.63) is 64.1 Å². The zero-order valence-electron chi connectivity index (χ0n) is 21.3. The lowest BCUT2D eigenvalue weighted by Gasteiger charge is -2.34. The predicted molar refractivity (Wildman–Crippen MR) is 147 cm³/mol. The number of carboxylic acid groups (broad SMARTS) is 1. The van der Waals surface area contributed by atoms with Crippen molar-refractivity contribution in [3.8, 4) is 0 Å². The quantitative estimate of drug-likeness (QED) is 0.452. The first-order valence-electron chi connectivity index (χ1n) is 12.9. The summed E-state index contributed by atoms with van der Waals surface area (Å²) in [5, 5.41) is 12.6. The van der Waals surface area contributed by atoms with Crippen molar-refractivity contribution >= 4 is 51.0 Å². The van der Waals surface area contributed by atoms with Crippen LogP contribution in [0.3, 0.4) is 0 Å². The van der Waals surface area contributed by atoms with Gasteiger partial charge in [-0.15, -0.1) is 0 Å². The number of aliphatic carboxylic acids is 1. The minimum absolute atomic E-state index is 0.00265. The lowest BCUT2D eigenvalue weighted by molar-refractivity contribution is -0.142. The number of benzene rings is 2. The Kier molecular flexibility index (Phi) is 9.53. The van der Waals surface area contributed by atoms with E-state index in [2.05, 4.69) is 5.32 Å². The number of amides is 2. The summed E-state index contributed by atoms with van der Waals surface area (Å²) in [5.74, 6) is -2.25. The molecule has 210 valence electrons. The highest BCUT2D eigenvalue weighted by Crippen LogP contribution is 2.31. The fourth-order valence-corrected chi connectivity index (χ4v) is 7.29. The van der Waals surface area contributed by atoms with Gasteiger partial charge in [-0.05, 0) is 42.5 Å². The maximum atomic E-state index is 13.8. The predicted octanol–water partition coefficient (Wildman–Crippen LogP) is 3.93. The molecule has 9 nitrogen and oxygen atoms in total. The zero-order valence-corrected chi connectivity index (χ0v) is 23.6. The minimum atomic E-state index is -4.28. The average molecular weight is 597 g/mol. The molecule has 2 N–H and O–H groups in total. The first kappa shape index (κ1) is 29.3. The molecular weight excluding hydrogens is 565 g/mol. The van der Waals surface area contributed by atoms with Crippen molar-refractivity contribution < 1.29 is 27.9 Å². The number of hydrogen-bond donors (Lipinski definition) is 2. The normalized spacial score (nSPS) is 19.5. The summed E-state index contributed by atoms with van der Waals surface area (Å²) in [7, 11) is -4.28. The van der Waals surface area contributed by atoms with E-state index in [4.69, 9.17) is 23.2 Å². The minimum Gasteiger partial charge on any atom is -0.481 e. The SMILES string of the molecule is O=C(O)CC(NC(=O)C1N(C(=O)Cc2ccccc2)CCN1S(=O)(=O)c1ccc(Cl)c(Cl)c1)C1CCCCC1. The number of carboxylic acids is 1. The van der Waals surface area contributed by atoms with Crippen molar-refractivity contribution in [2.45, 2.75) is 62.0 Å². The number of carbonyl (C=O) groups excluding carboxylic acids is 2. The van der Waals surface area contributed by atoms with Crippen LogP contribution in [0.1, 0.15) is 44.1 Å². The summed E-state index contributed by atoms with van der Waals surface area (Å²) in [6.45, 7) is -0.119. The Labute approximate surface area is 238 Å². The molecule has 1 saturated heterocycles. The third-order valence-corrected chi connectivity index (χ3v) is 9.91. The fourth-order valence-electron chi connectivity index (χ4n) is 5.35. The smallest absolute Gasteiger partial charge is 0.305 e. The summed E-state index contributed by atoms with van der Waals surface area (Å²) in [6.07, 6.45) is 2.65. The molecule has 1 aliphatic heterocycles. The Bertz CT molecular complexity index is 1320. The van der Waals surface area contributed by atoms with Gasteiger partial charge in [0.2, 0.25) is 15.9 Å². The molecule has 12 heteroatoms. The molecule has 0 bridgehead atoms. The van der Waals surface area contributed by atoms with Gasteiger partial charge < -0.3 is 15.3 Å². The maximum Gasteiger partial charge on any atom is 0.305 e. The Balaban J connectivity index is 1.66. The third-order valence-electron chi connectivity index (χ3n) is 7.32. The Morgan fingerprint density at radius 1 is 0.974 bits per heavy atom. The molecular formula is C27H31Cl2N3O6S. The summed E-state index contributed by atoms with van der Waals surface area (Å²) in [6, 6.07) is 12.1. The van der Waals surface area contributed by atoms with Crippen LogP contribution in [0.2, 0.25) is 10.0 Å². The fraction of sp³-hybridized carbons (Fsp3) is 0.444. The van der Waals surface area contributed by atoms with E-state index in [0.29, 0.717) is 0 Å². The van der Waals surface area contributed by atoms with E-state index in [0.717, 1.165) is 42.0 Å². The summed E-state index contributed by atoms with van der Waals surface area (Å²) < 4.78 is 28.4. The van der Waals surface area contributed by atoms with Crippen molar-refractivity contribution in [2.24, 2.45) is 5.92 Å². The van der Waals surface area contributed by atoms with Gasteiger partial charge in [0.1, 0.15) is 0 Å². The van der Waals surface area contributed by atoms with E-state index < -0.39 is 40.0 Å². The largest absolute Gasteiger partial charge is 0.481 e. The molecule has 2 aliphatic rings. The molecule has 2 aromatic rings. The molecule has 1 heterocycles. The average Bonchev–Trinajstić information content (AvgIpc) is 3.37. The Hall–Kier alpha value is -2.66. The zero-order chi connectivity index (χ0) is 28.2. The first-order chi connectivity index (χ1) is 18.6.